The lowest BCUT2D eigenvalue weighted by Gasteiger charge is -2.26. The highest BCUT2D eigenvalue weighted by atomic mass is 32.1. The molecule has 5 nitrogen and oxygen atoms in total. The molecule has 1 aliphatic heterocycles. The smallest absolute Gasteiger partial charge is 0.290 e. The molecule has 1 N–H and O–H groups in total. The minimum atomic E-state index is -0.520. The number of ether oxygens (including phenoxy) is 1. The topological polar surface area (TPSA) is 66.8 Å². The lowest BCUT2D eigenvalue weighted by atomic mass is 9.95. The molecular weight excluding hydrogens is 314 g/mol. The quantitative estimate of drug-likeness (QED) is 0.830. The van der Waals surface area contributed by atoms with Gasteiger partial charge in [-0.05, 0) is 25.3 Å². The van der Waals surface area contributed by atoms with Crippen molar-refractivity contribution in [3.63, 3.8) is 0 Å². The van der Waals surface area contributed by atoms with Gasteiger partial charge in [-0.25, -0.2) is 0 Å². The SMILES string of the molecule is CC(C)OCCN1C(=O)C(O)=C(C(=O)C(C)C)C1c1cccs1. The van der Waals surface area contributed by atoms with Crippen LogP contribution in [0.2, 0.25) is 0 Å². The Hall–Kier alpha value is -1.66. The van der Waals surface area contributed by atoms with Gasteiger partial charge in [0.25, 0.3) is 5.91 Å². The maximum atomic E-state index is 12.5. The van der Waals surface area contributed by atoms with Crippen molar-refractivity contribution in [3.8, 4) is 0 Å². The molecule has 0 saturated heterocycles. The van der Waals surface area contributed by atoms with Crippen LogP contribution in [-0.2, 0) is 14.3 Å². The Kier molecular flexibility index (Phi) is 5.59. The maximum Gasteiger partial charge on any atom is 0.290 e. The zero-order valence-corrected chi connectivity index (χ0v) is 14.7. The van der Waals surface area contributed by atoms with Crippen LogP contribution in [-0.4, -0.2) is 41.0 Å². The van der Waals surface area contributed by atoms with Gasteiger partial charge in [-0.3, -0.25) is 9.59 Å². The first kappa shape index (κ1) is 17.7. The van der Waals surface area contributed by atoms with Gasteiger partial charge in [-0.2, -0.15) is 0 Å². The highest BCUT2D eigenvalue weighted by molar-refractivity contribution is 7.10. The average Bonchev–Trinajstić information content (AvgIpc) is 3.08. The summed E-state index contributed by atoms with van der Waals surface area (Å²) in [5.41, 5.74) is 0.206. The molecule has 0 radical (unpaired) electrons. The van der Waals surface area contributed by atoms with Crippen molar-refractivity contribution in [2.24, 2.45) is 5.92 Å². The zero-order chi connectivity index (χ0) is 17.1. The van der Waals surface area contributed by atoms with Crippen LogP contribution in [0, 0.1) is 5.92 Å². The van der Waals surface area contributed by atoms with Crippen LogP contribution in [0.25, 0.3) is 0 Å². The van der Waals surface area contributed by atoms with Crippen molar-refractivity contribution in [3.05, 3.63) is 33.7 Å². The normalized spacial score (nSPS) is 18.6. The summed E-state index contributed by atoms with van der Waals surface area (Å²) in [4.78, 5) is 27.3. The Balaban J connectivity index is 2.33. The molecule has 1 aliphatic rings. The third-order valence-electron chi connectivity index (χ3n) is 3.69. The monoisotopic (exact) mass is 337 g/mol. The van der Waals surface area contributed by atoms with Gasteiger partial charge in [0, 0.05) is 17.3 Å². The Morgan fingerprint density at radius 3 is 2.61 bits per heavy atom. The number of amides is 1. The van der Waals surface area contributed by atoms with Gasteiger partial charge >= 0.3 is 0 Å². The molecule has 1 aromatic rings. The number of ketones is 1. The molecule has 1 atom stereocenters. The molecule has 2 heterocycles. The second-order valence-corrected chi connectivity index (χ2v) is 7.10. The summed E-state index contributed by atoms with van der Waals surface area (Å²) < 4.78 is 5.52. The van der Waals surface area contributed by atoms with Gasteiger partial charge in [-0.1, -0.05) is 19.9 Å². The van der Waals surface area contributed by atoms with Crippen LogP contribution in [0.15, 0.2) is 28.8 Å². The van der Waals surface area contributed by atoms with E-state index in [-0.39, 0.29) is 23.4 Å². The minimum absolute atomic E-state index is 0.0613. The first-order valence-corrected chi connectivity index (χ1v) is 8.65. The Labute approximate surface area is 140 Å². The number of carbonyl (C=O) groups excluding carboxylic acids is 2. The first-order chi connectivity index (χ1) is 10.8. The molecule has 2 rings (SSSR count). The van der Waals surface area contributed by atoms with Gasteiger partial charge in [0.05, 0.1) is 24.3 Å². The van der Waals surface area contributed by atoms with Crippen LogP contribution in [0.3, 0.4) is 0 Å². The van der Waals surface area contributed by atoms with Crippen molar-refractivity contribution in [1.82, 2.24) is 4.90 Å². The highest BCUT2D eigenvalue weighted by Gasteiger charge is 2.44. The fraction of sp³-hybridized carbons (Fsp3) is 0.529. The number of Topliss-reactive ketones (excluding diaryl/α,β-unsaturated/α-hetero) is 1. The molecule has 0 bridgehead atoms. The van der Waals surface area contributed by atoms with Gasteiger partial charge in [0.1, 0.15) is 0 Å². The number of hydrogen-bond acceptors (Lipinski definition) is 5. The van der Waals surface area contributed by atoms with Crippen LogP contribution in [0.5, 0.6) is 0 Å². The van der Waals surface area contributed by atoms with Crippen LogP contribution < -0.4 is 0 Å². The summed E-state index contributed by atoms with van der Waals surface area (Å²) in [5.74, 6) is -1.40. The molecule has 0 aliphatic carbocycles. The van der Waals surface area contributed by atoms with E-state index in [1.807, 2.05) is 31.4 Å². The number of rotatable bonds is 7. The van der Waals surface area contributed by atoms with Crippen molar-refractivity contribution in [1.29, 1.82) is 0 Å². The summed E-state index contributed by atoms with van der Waals surface area (Å²) >= 11 is 1.47. The Morgan fingerprint density at radius 1 is 1.39 bits per heavy atom. The number of carbonyl (C=O) groups is 2. The summed E-state index contributed by atoms with van der Waals surface area (Å²) in [6.45, 7) is 8.07. The third-order valence-corrected chi connectivity index (χ3v) is 4.61. The molecule has 0 aromatic carbocycles. The number of hydrogen-bond donors (Lipinski definition) is 1. The van der Waals surface area contributed by atoms with E-state index in [0.717, 1.165) is 4.88 Å². The van der Waals surface area contributed by atoms with Gasteiger partial charge in [-0.15, -0.1) is 11.3 Å². The summed E-state index contributed by atoms with van der Waals surface area (Å²) in [6.07, 6.45) is 0.0613. The minimum Gasteiger partial charge on any atom is -0.503 e. The van der Waals surface area contributed by atoms with Crippen molar-refractivity contribution >= 4 is 23.0 Å². The van der Waals surface area contributed by atoms with Crippen LogP contribution in [0.4, 0.5) is 0 Å². The van der Waals surface area contributed by atoms with E-state index in [1.165, 1.54) is 16.2 Å². The van der Waals surface area contributed by atoms with Gasteiger partial charge in [0.2, 0.25) is 0 Å². The molecule has 0 saturated carbocycles. The maximum absolute atomic E-state index is 12.5. The lowest BCUT2D eigenvalue weighted by molar-refractivity contribution is -0.130. The van der Waals surface area contributed by atoms with E-state index >= 15 is 0 Å². The number of aliphatic hydroxyl groups excluding tert-OH is 1. The van der Waals surface area contributed by atoms with E-state index in [4.69, 9.17) is 4.74 Å². The summed E-state index contributed by atoms with van der Waals surface area (Å²) in [6, 6.07) is 3.23. The van der Waals surface area contributed by atoms with Gasteiger partial charge in [0.15, 0.2) is 11.5 Å². The standard InChI is InChI=1S/C17H23NO4S/c1-10(2)15(19)13-14(12-6-5-9-23-12)18(17(21)16(13)20)7-8-22-11(3)4/h5-6,9-11,14,20H,7-8H2,1-4H3. The fourth-order valence-corrected chi connectivity index (χ4v) is 3.42. The lowest BCUT2D eigenvalue weighted by Crippen LogP contribution is -2.34. The van der Waals surface area contributed by atoms with E-state index in [2.05, 4.69) is 0 Å². The van der Waals surface area contributed by atoms with Crippen molar-refractivity contribution in [2.45, 2.75) is 39.8 Å². The molecule has 23 heavy (non-hydrogen) atoms. The predicted octanol–water partition coefficient (Wildman–Crippen LogP) is 3.09. The molecule has 1 aromatic heterocycles. The van der Waals surface area contributed by atoms with E-state index < -0.39 is 17.7 Å². The zero-order valence-electron chi connectivity index (χ0n) is 13.9. The molecule has 1 unspecified atom stereocenters. The molecule has 0 spiro atoms. The second kappa shape index (κ2) is 7.27. The van der Waals surface area contributed by atoms with Crippen molar-refractivity contribution < 1.29 is 19.4 Å². The molecule has 126 valence electrons. The van der Waals surface area contributed by atoms with E-state index in [0.29, 0.717) is 13.2 Å². The number of thiophene rings is 1. The van der Waals surface area contributed by atoms with Gasteiger partial charge < -0.3 is 14.7 Å². The Bertz CT molecular complexity index is 604. The first-order valence-electron chi connectivity index (χ1n) is 7.77. The third kappa shape index (κ3) is 3.64. The second-order valence-electron chi connectivity index (χ2n) is 6.12. The number of nitrogens with zero attached hydrogens (tertiary/aromatic N) is 1. The fourth-order valence-electron chi connectivity index (χ4n) is 2.58. The van der Waals surface area contributed by atoms with Crippen LogP contribution >= 0.6 is 11.3 Å². The van der Waals surface area contributed by atoms with Crippen molar-refractivity contribution in [2.75, 3.05) is 13.2 Å². The molecular formula is C17H23NO4S. The van der Waals surface area contributed by atoms with E-state index in [9.17, 15) is 14.7 Å². The summed E-state index contributed by atoms with van der Waals surface area (Å²) in [7, 11) is 0. The summed E-state index contributed by atoms with van der Waals surface area (Å²) in [5, 5.41) is 12.2. The van der Waals surface area contributed by atoms with E-state index in [1.54, 1.807) is 13.8 Å². The molecule has 6 heteroatoms. The highest BCUT2D eigenvalue weighted by Crippen LogP contribution is 2.40. The molecule has 0 fully saturated rings. The predicted molar refractivity (Wildman–Crippen MR) is 89.4 cm³/mol. The largest absolute Gasteiger partial charge is 0.503 e. The molecule has 1 amide bonds. The van der Waals surface area contributed by atoms with Crippen LogP contribution in [0.1, 0.15) is 38.6 Å². The Morgan fingerprint density at radius 2 is 2.09 bits per heavy atom. The number of aliphatic hydroxyl groups is 1. The average molecular weight is 337 g/mol.